The molecule has 4 heterocycles. The van der Waals surface area contributed by atoms with Crippen molar-refractivity contribution >= 4 is 34.7 Å². The highest BCUT2D eigenvalue weighted by molar-refractivity contribution is 7.09. The fourth-order valence-electron chi connectivity index (χ4n) is 5.67. The van der Waals surface area contributed by atoms with Crippen LogP contribution in [-0.2, 0) is 32.2 Å². The first-order valence-electron chi connectivity index (χ1n) is 12.0. The Bertz CT molecular complexity index is 1380. The SMILES string of the molecule is O=C(Nc1ccccc1F)C1C2C=CC3(O2)C1C(=O)N(Cc1cccs1)C3C(=O)NCc1ccccc1. The third kappa shape index (κ3) is 3.95. The van der Waals surface area contributed by atoms with Gasteiger partial charge in [-0.05, 0) is 29.1 Å². The zero-order valence-electron chi connectivity index (χ0n) is 19.7. The van der Waals surface area contributed by atoms with E-state index in [9.17, 15) is 18.8 Å². The molecule has 2 aromatic carbocycles. The number of thiophene rings is 1. The summed E-state index contributed by atoms with van der Waals surface area (Å²) < 4.78 is 20.6. The van der Waals surface area contributed by atoms with Crippen LogP contribution in [0.2, 0.25) is 0 Å². The quantitative estimate of drug-likeness (QED) is 0.470. The van der Waals surface area contributed by atoms with Crippen molar-refractivity contribution in [2.45, 2.75) is 30.8 Å². The molecular weight excluding hydrogens is 493 g/mol. The molecule has 9 heteroatoms. The molecular formula is C28H24FN3O4S. The van der Waals surface area contributed by atoms with Gasteiger partial charge in [0.05, 0.1) is 30.2 Å². The fraction of sp³-hybridized carbons (Fsp3) is 0.250. The van der Waals surface area contributed by atoms with Crippen molar-refractivity contribution in [1.82, 2.24) is 10.2 Å². The van der Waals surface area contributed by atoms with Gasteiger partial charge in [-0.3, -0.25) is 14.4 Å². The number of ether oxygens (including phenoxy) is 1. The van der Waals surface area contributed by atoms with E-state index in [1.807, 2.05) is 47.8 Å². The number of amides is 3. The van der Waals surface area contributed by atoms with E-state index in [0.29, 0.717) is 6.54 Å². The van der Waals surface area contributed by atoms with Crippen molar-refractivity contribution in [2.24, 2.45) is 11.8 Å². The van der Waals surface area contributed by atoms with Gasteiger partial charge in [0.1, 0.15) is 17.5 Å². The first-order chi connectivity index (χ1) is 18.0. The molecule has 3 aliphatic heterocycles. The second-order valence-corrected chi connectivity index (χ2v) is 10.5. The van der Waals surface area contributed by atoms with Crippen molar-refractivity contribution in [2.75, 3.05) is 5.32 Å². The second-order valence-electron chi connectivity index (χ2n) is 9.42. The van der Waals surface area contributed by atoms with Gasteiger partial charge in [-0.15, -0.1) is 11.3 Å². The molecule has 2 saturated heterocycles. The number of nitrogens with one attached hydrogen (secondary N) is 2. The Morgan fingerprint density at radius 1 is 1.03 bits per heavy atom. The number of carbonyl (C=O) groups excluding carboxylic acids is 3. The predicted octanol–water partition coefficient (Wildman–Crippen LogP) is 3.49. The Morgan fingerprint density at radius 3 is 2.57 bits per heavy atom. The van der Waals surface area contributed by atoms with Crippen LogP contribution in [-0.4, -0.2) is 40.4 Å². The molecule has 5 atom stereocenters. The van der Waals surface area contributed by atoms with E-state index in [1.165, 1.54) is 34.4 Å². The van der Waals surface area contributed by atoms with Crippen molar-refractivity contribution in [3.8, 4) is 0 Å². The molecule has 0 radical (unpaired) electrons. The molecule has 1 aromatic heterocycles. The number of hydrogen-bond donors (Lipinski definition) is 2. The summed E-state index contributed by atoms with van der Waals surface area (Å²) >= 11 is 1.49. The van der Waals surface area contributed by atoms with E-state index in [0.717, 1.165) is 10.4 Å². The summed E-state index contributed by atoms with van der Waals surface area (Å²) in [5, 5.41) is 7.49. The minimum absolute atomic E-state index is 0.0337. The van der Waals surface area contributed by atoms with Gasteiger partial charge in [0.2, 0.25) is 17.7 Å². The van der Waals surface area contributed by atoms with Gasteiger partial charge in [-0.25, -0.2) is 4.39 Å². The summed E-state index contributed by atoms with van der Waals surface area (Å²) in [4.78, 5) is 43.4. The molecule has 2 fully saturated rings. The number of para-hydroxylation sites is 1. The first kappa shape index (κ1) is 23.6. The zero-order valence-corrected chi connectivity index (χ0v) is 20.5. The Hall–Kier alpha value is -3.82. The average Bonchev–Trinajstić information content (AvgIpc) is 3.68. The molecule has 2 N–H and O–H groups in total. The summed E-state index contributed by atoms with van der Waals surface area (Å²) in [5.41, 5.74) is -0.323. The van der Waals surface area contributed by atoms with Gasteiger partial charge in [-0.2, -0.15) is 0 Å². The Morgan fingerprint density at radius 2 is 1.81 bits per heavy atom. The van der Waals surface area contributed by atoms with Crippen LogP contribution in [0, 0.1) is 17.7 Å². The number of benzene rings is 2. The Labute approximate surface area is 216 Å². The lowest BCUT2D eigenvalue weighted by Crippen LogP contribution is -2.54. The molecule has 3 amide bonds. The zero-order chi connectivity index (χ0) is 25.6. The van der Waals surface area contributed by atoms with E-state index >= 15 is 0 Å². The second kappa shape index (κ2) is 9.24. The van der Waals surface area contributed by atoms with Crippen molar-refractivity contribution in [3.63, 3.8) is 0 Å². The van der Waals surface area contributed by atoms with Gasteiger partial charge >= 0.3 is 0 Å². The molecule has 3 aromatic rings. The van der Waals surface area contributed by atoms with E-state index in [4.69, 9.17) is 4.74 Å². The van der Waals surface area contributed by atoms with Crippen LogP contribution in [0.4, 0.5) is 10.1 Å². The number of carbonyl (C=O) groups is 3. The molecule has 6 rings (SSSR count). The molecule has 7 nitrogen and oxygen atoms in total. The van der Waals surface area contributed by atoms with Crippen molar-refractivity contribution in [1.29, 1.82) is 0 Å². The number of likely N-dealkylation sites (tertiary alicyclic amines) is 1. The van der Waals surface area contributed by atoms with Gasteiger partial charge in [0.25, 0.3) is 0 Å². The molecule has 5 unspecified atom stereocenters. The smallest absolute Gasteiger partial charge is 0.246 e. The van der Waals surface area contributed by atoms with Crippen LogP contribution >= 0.6 is 11.3 Å². The van der Waals surface area contributed by atoms with Crippen LogP contribution in [0.1, 0.15) is 10.4 Å². The Kier molecular flexibility index (Phi) is 5.89. The van der Waals surface area contributed by atoms with Gasteiger partial charge in [-0.1, -0.05) is 60.7 Å². The van der Waals surface area contributed by atoms with Gasteiger partial charge < -0.3 is 20.3 Å². The number of rotatable bonds is 7. The monoisotopic (exact) mass is 517 g/mol. The third-order valence-corrected chi connectivity index (χ3v) is 8.13. The first-order valence-corrected chi connectivity index (χ1v) is 12.9. The van der Waals surface area contributed by atoms with Gasteiger partial charge in [0, 0.05) is 11.4 Å². The lowest BCUT2D eigenvalue weighted by Gasteiger charge is -2.32. The minimum Gasteiger partial charge on any atom is -0.359 e. The van der Waals surface area contributed by atoms with E-state index in [1.54, 1.807) is 18.2 Å². The summed E-state index contributed by atoms with van der Waals surface area (Å²) in [5.74, 6) is -3.55. The molecule has 0 aliphatic carbocycles. The Balaban J connectivity index is 1.32. The number of halogens is 1. The summed E-state index contributed by atoms with van der Waals surface area (Å²) in [6.07, 6.45) is 2.81. The fourth-order valence-corrected chi connectivity index (χ4v) is 6.37. The van der Waals surface area contributed by atoms with E-state index < -0.39 is 41.3 Å². The number of fused-ring (bicyclic) bond motifs is 1. The highest BCUT2D eigenvalue weighted by Crippen LogP contribution is 2.55. The number of hydrogen-bond acceptors (Lipinski definition) is 5. The lowest BCUT2D eigenvalue weighted by molar-refractivity contribution is -0.141. The maximum Gasteiger partial charge on any atom is 0.246 e. The van der Waals surface area contributed by atoms with E-state index in [2.05, 4.69) is 10.6 Å². The normalized spacial score (nSPS) is 27.4. The van der Waals surface area contributed by atoms with Crippen molar-refractivity contribution < 1.29 is 23.5 Å². The van der Waals surface area contributed by atoms with Crippen LogP contribution < -0.4 is 10.6 Å². The molecule has 0 saturated carbocycles. The molecule has 2 bridgehead atoms. The number of nitrogens with zero attached hydrogens (tertiary/aromatic N) is 1. The standard InChI is InChI=1S/C28H24FN3O4S/c29-19-10-4-5-11-20(19)31-25(33)22-21-12-13-28(36-21)23(22)27(35)32(16-18-9-6-14-37-18)24(28)26(34)30-15-17-7-2-1-3-8-17/h1-14,21-24H,15-16H2,(H,30,34)(H,31,33). The van der Waals surface area contributed by atoms with Crippen LogP contribution in [0.3, 0.4) is 0 Å². The van der Waals surface area contributed by atoms with E-state index in [-0.39, 0.29) is 24.0 Å². The summed E-state index contributed by atoms with van der Waals surface area (Å²) in [7, 11) is 0. The predicted molar refractivity (Wildman–Crippen MR) is 136 cm³/mol. The van der Waals surface area contributed by atoms with Crippen molar-refractivity contribution in [3.05, 3.63) is 101 Å². The molecule has 1 spiro atoms. The topological polar surface area (TPSA) is 87.7 Å². The average molecular weight is 518 g/mol. The highest BCUT2D eigenvalue weighted by atomic mass is 32.1. The largest absolute Gasteiger partial charge is 0.359 e. The highest BCUT2D eigenvalue weighted by Gasteiger charge is 2.72. The molecule has 37 heavy (non-hydrogen) atoms. The van der Waals surface area contributed by atoms with Gasteiger partial charge in [0.15, 0.2) is 0 Å². The lowest BCUT2D eigenvalue weighted by atomic mass is 9.74. The maximum atomic E-state index is 14.2. The van der Waals surface area contributed by atoms with Crippen LogP contribution in [0.5, 0.6) is 0 Å². The third-order valence-electron chi connectivity index (χ3n) is 7.27. The maximum absolute atomic E-state index is 14.2. The van der Waals surface area contributed by atoms with Crippen LogP contribution in [0.25, 0.3) is 0 Å². The minimum atomic E-state index is -1.28. The number of anilines is 1. The molecule has 188 valence electrons. The summed E-state index contributed by atoms with van der Waals surface area (Å²) in [6.45, 7) is 0.518. The molecule has 3 aliphatic rings. The summed E-state index contributed by atoms with van der Waals surface area (Å²) in [6, 6.07) is 18.2. The van der Waals surface area contributed by atoms with Crippen LogP contribution in [0.15, 0.2) is 84.3 Å².